The lowest BCUT2D eigenvalue weighted by Gasteiger charge is -2.06. The van der Waals surface area contributed by atoms with Crippen molar-refractivity contribution < 1.29 is 9.66 Å². The maximum atomic E-state index is 10.6. The summed E-state index contributed by atoms with van der Waals surface area (Å²) in [7, 11) is 0. The molecule has 0 bridgehead atoms. The van der Waals surface area contributed by atoms with E-state index in [1.165, 1.54) is 6.07 Å². The lowest BCUT2D eigenvalue weighted by molar-refractivity contribution is -0.385. The average Bonchev–Trinajstić information content (AvgIpc) is 2.15. The third-order valence-electron chi connectivity index (χ3n) is 1.47. The number of ether oxygens (including phenoxy) is 1. The van der Waals surface area contributed by atoms with Gasteiger partial charge in [-0.25, -0.2) is 0 Å². The molecular weight excluding hydrogens is 318 g/mol. The van der Waals surface area contributed by atoms with Crippen LogP contribution in [0, 0.1) is 10.1 Å². The SMILES string of the molecule is O=[N+]([O-])c1cccc(Br)c1OCCBr. The van der Waals surface area contributed by atoms with Crippen molar-refractivity contribution in [3.05, 3.63) is 32.8 Å². The number of nitrogens with zero attached hydrogens (tertiary/aromatic N) is 1. The van der Waals surface area contributed by atoms with Crippen LogP contribution in [0.4, 0.5) is 5.69 Å². The van der Waals surface area contributed by atoms with Crippen LogP contribution in [0.3, 0.4) is 0 Å². The topological polar surface area (TPSA) is 52.4 Å². The molecule has 0 aromatic heterocycles. The molecule has 0 N–H and O–H groups in total. The van der Waals surface area contributed by atoms with E-state index in [-0.39, 0.29) is 11.4 Å². The number of hydrogen-bond donors (Lipinski definition) is 0. The van der Waals surface area contributed by atoms with E-state index in [4.69, 9.17) is 4.74 Å². The lowest BCUT2D eigenvalue weighted by Crippen LogP contribution is -2.01. The quantitative estimate of drug-likeness (QED) is 0.485. The highest BCUT2D eigenvalue weighted by atomic mass is 79.9. The van der Waals surface area contributed by atoms with E-state index in [1.807, 2.05) is 0 Å². The van der Waals surface area contributed by atoms with Crippen LogP contribution in [-0.4, -0.2) is 16.9 Å². The fourth-order valence-electron chi connectivity index (χ4n) is 0.925. The van der Waals surface area contributed by atoms with Gasteiger partial charge in [0.1, 0.15) is 0 Å². The molecule has 0 saturated heterocycles. The maximum absolute atomic E-state index is 10.6. The fraction of sp³-hybridized carbons (Fsp3) is 0.250. The van der Waals surface area contributed by atoms with Crippen molar-refractivity contribution in [2.45, 2.75) is 0 Å². The van der Waals surface area contributed by atoms with Gasteiger partial charge in [0.2, 0.25) is 5.75 Å². The van der Waals surface area contributed by atoms with Crippen molar-refractivity contribution in [1.29, 1.82) is 0 Å². The van der Waals surface area contributed by atoms with Crippen LogP contribution in [0.15, 0.2) is 22.7 Å². The molecule has 1 aromatic rings. The number of hydrogen-bond acceptors (Lipinski definition) is 3. The number of alkyl halides is 1. The molecule has 0 fully saturated rings. The Kier molecular flexibility index (Phi) is 4.34. The highest BCUT2D eigenvalue weighted by molar-refractivity contribution is 9.10. The zero-order chi connectivity index (χ0) is 10.6. The van der Waals surface area contributed by atoms with E-state index < -0.39 is 4.92 Å². The summed E-state index contributed by atoms with van der Waals surface area (Å²) in [6, 6.07) is 4.72. The first-order chi connectivity index (χ1) is 6.66. The first kappa shape index (κ1) is 11.5. The van der Waals surface area contributed by atoms with E-state index in [9.17, 15) is 10.1 Å². The Labute approximate surface area is 97.7 Å². The summed E-state index contributed by atoms with van der Waals surface area (Å²) in [6.07, 6.45) is 0. The minimum atomic E-state index is -0.464. The second-order valence-corrected chi connectivity index (χ2v) is 4.03. The summed E-state index contributed by atoms with van der Waals surface area (Å²) >= 11 is 6.38. The van der Waals surface area contributed by atoms with E-state index in [0.717, 1.165) is 0 Å². The third kappa shape index (κ3) is 2.68. The molecule has 0 unspecified atom stereocenters. The van der Waals surface area contributed by atoms with Gasteiger partial charge in [0, 0.05) is 11.4 Å². The van der Waals surface area contributed by atoms with Gasteiger partial charge in [-0.1, -0.05) is 22.0 Å². The molecule has 0 aliphatic rings. The number of nitro groups is 1. The number of halogens is 2. The van der Waals surface area contributed by atoms with Crippen LogP contribution >= 0.6 is 31.9 Å². The molecule has 0 aliphatic carbocycles. The Morgan fingerprint density at radius 2 is 2.21 bits per heavy atom. The molecular formula is C8H7Br2NO3. The highest BCUT2D eigenvalue weighted by Crippen LogP contribution is 2.34. The van der Waals surface area contributed by atoms with Gasteiger partial charge < -0.3 is 4.74 Å². The van der Waals surface area contributed by atoms with E-state index in [0.29, 0.717) is 16.4 Å². The van der Waals surface area contributed by atoms with E-state index >= 15 is 0 Å². The Bertz CT molecular complexity index is 343. The van der Waals surface area contributed by atoms with Gasteiger partial charge in [0.15, 0.2) is 0 Å². The van der Waals surface area contributed by atoms with Gasteiger partial charge >= 0.3 is 5.69 Å². The molecule has 76 valence electrons. The normalized spacial score (nSPS) is 9.86. The zero-order valence-electron chi connectivity index (χ0n) is 7.07. The molecule has 1 rings (SSSR count). The Morgan fingerprint density at radius 3 is 2.79 bits per heavy atom. The average molecular weight is 325 g/mol. The van der Waals surface area contributed by atoms with Gasteiger partial charge in [-0.05, 0) is 22.0 Å². The molecule has 0 heterocycles. The number of para-hydroxylation sites is 1. The molecule has 0 amide bonds. The lowest BCUT2D eigenvalue weighted by atomic mass is 10.3. The fourth-order valence-corrected chi connectivity index (χ4v) is 1.56. The number of rotatable bonds is 4. The number of benzene rings is 1. The van der Waals surface area contributed by atoms with Crippen molar-refractivity contribution in [3.63, 3.8) is 0 Å². The number of nitro benzene ring substituents is 1. The zero-order valence-corrected chi connectivity index (χ0v) is 10.2. The van der Waals surface area contributed by atoms with Gasteiger partial charge in [0.25, 0.3) is 0 Å². The van der Waals surface area contributed by atoms with E-state index in [2.05, 4.69) is 31.9 Å². The van der Waals surface area contributed by atoms with Crippen molar-refractivity contribution in [2.75, 3.05) is 11.9 Å². The second-order valence-electron chi connectivity index (χ2n) is 2.38. The Morgan fingerprint density at radius 1 is 1.50 bits per heavy atom. The third-order valence-corrected chi connectivity index (χ3v) is 2.41. The Hall–Kier alpha value is -0.620. The smallest absolute Gasteiger partial charge is 0.312 e. The monoisotopic (exact) mass is 323 g/mol. The van der Waals surface area contributed by atoms with Gasteiger partial charge in [-0.3, -0.25) is 10.1 Å². The van der Waals surface area contributed by atoms with Crippen LogP contribution in [0.1, 0.15) is 0 Å². The summed E-state index contributed by atoms with van der Waals surface area (Å²) in [4.78, 5) is 10.2. The van der Waals surface area contributed by atoms with Crippen molar-refractivity contribution in [2.24, 2.45) is 0 Å². The van der Waals surface area contributed by atoms with Crippen molar-refractivity contribution in [1.82, 2.24) is 0 Å². The van der Waals surface area contributed by atoms with Crippen molar-refractivity contribution in [3.8, 4) is 5.75 Å². The molecule has 0 aliphatic heterocycles. The summed E-state index contributed by atoms with van der Waals surface area (Å²) < 4.78 is 5.83. The summed E-state index contributed by atoms with van der Waals surface area (Å²) in [5.74, 6) is 0.275. The highest BCUT2D eigenvalue weighted by Gasteiger charge is 2.17. The predicted molar refractivity (Wildman–Crippen MR) is 60.1 cm³/mol. The molecule has 0 saturated carbocycles. The standard InChI is InChI=1S/C8H7Br2NO3/c9-4-5-14-8-6(10)2-1-3-7(8)11(12)13/h1-3H,4-5H2. The first-order valence-corrected chi connectivity index (χ1v) is 5.70. The largest absolute Gasteiger partial charge is 0.485 e. The van der Waals surface area contributed by atoms with E-state index in [1.54, 1.807) is 12.1 Å². The van der Waals surface area contributed by atoms with Gasteiger partial charge in [0.05, 0.1) is 16.0 Å². The van der Waals surface area contributed by atoms with Gasteiger partial charge in [-0.15, -0.1) is 0 Å². The van der Waals surface area contributed by atoms with Crippen LogP contribution in [0.5, 0.6) is 5.75 Å². The van der Waals surface area contributed by atoms with Crippen LogP contribution < -0.4 is 4.74 Å². The van der Waals surface area contributed by atoms with Crippen LogP contribution in [-0.2, 0) is 0 Å². The molecule has 0 spiro atoms. The molecule has 6 heteroatoms. The van der Waals surface area contributed by atoms with Gasteiger partial charge in [-0.2, -0.15) is 0 Å². The summed E-state index contributed by atoms with van der Waals surface area (Å²) in [6.45, 7) is 0.392. The van der Waals surface area contributed by atoms with Crippen LogP contribution in [0.2, 0.25) is 0 Å². The summed E-state index contributed by atoms with van der Waals surface area (Å²) in [5.41, 5.74) is -0.0275. The first-order valence-electron chi connectivity index (χ1n) is 3.78. The molecule has 4 nitrogen and oxygen atoms in total. The Balaban J connectivity index is 3.02. The molecule has 1 aromatic carbocycles. The predicted octanol–water partition coefficient (Wildman–Crippen LogP) is 3.13. The summed E-state index contributed by atoms with van der Waals surface area (Å²) in [5, 5.41) is 11.3. The molecule has 0 radical (unpaired) electrons. The maximum Gasteiger partial charge on any atom is 0.312 e. The minimum absolute atomic E-state index is 0.0275. The van der Waals surface area contributed by atoms with Crippen molar-refractivity contribution >= 4 is 37.5 Å². The molecule has 14 heavy (non-hydrogen) atoms. The molecule has 0 atom stereocenters. The minimum Gasteiger partial charge on any atom is -0.485 e. The van der Waals surface area contributed by atoms with Crippen LogP contribution in [0.25, 0.3) is 0 Å². The second kappa shape index (κ2) is 5.31.